The minimum absolute atomic E-state index is 0.00173. The predicted molar refractivity (Wildman–Crippen MR) is 376 cm³/mol. The smallest absolute Gasteiger partial charge is 0.268 e. The van der Waals surface area contributed by atoms with Gasteiger partial charge in [-0.05, 0) is 51.4 Å². The van der Waals surface area contributed by atoms with Crippen LogP contribution in [0.4, 0.5) is 0 Å². The molecular formula is C77H151N2O6P. The minimum Gasteiger partial charge on any atom is -0.756 e. The summed E-state index contributed by atoms with van der Waals surface area (Å²) in [4.78, 5) is 25.7. The molecule has 0 aromatic heterocycles. The van der Waals surface area contributed by atoms with E-state index in [1.165, 1.54) is 334 Å². The van der Waals surface area contributed by atoms with Crippen molar-refractivity contribution in [3.63, 3.8) is 0 Å². The number of carbonyl (C=O) groups excluding carboxylic acids is 1. The third-order valence-corrected chi connectivity index (χ3v) is 18.8. The zero-order valence-corrected chi connectivity index (χ0v) is 59.4. The molecule has 1 amide bonds. The molecule has 3 unspecified atom stereocenters. The van der Waals surface area contributed by atoms with Gasteiger partial charge in [0.15, 0.2) is 0 Å². The average Bonchev–Trinajstić information content (AvgIpc) is 3.70. The molecule has 0 saturated heterocycles. The predicted octanol–water partition coefficient (Wildman–Crippen LogP) is 24.2. The zero-order chi connectivity index (χ0) is 62.6. The number of hydrogen-bond donors (Lipinski definition) is 2. The molecule has 9 heteroatoms. The van der Waals surface area contributed by atoms with E-state index in [0.29, 0.717) is 17.4 Å². The number of phosphoric acid groups is 1. The van der Waals surface area contributed by atoms with Gasteiger partial charge in [-0.3, -0.25) is 9.36 Å². The SMILES string of the molecule is CCCCCCC/C=C\C/C=C\CCCCCCCCCCCCCCCCCCCCCCCCCCCC(=O)NC(COP(=O)([O-])OCC[N+](C)(C)C)C(O)/C=C/CCCCCCCCCCCCCCCCCCCCCCCCCCC. The molecule has 0 aliphatic heterocycles. The Bertz CT molecular complexity index is 1500. The number of rotatable bonds is 72. The first-order valence-corrected chi connectivity index (χ1v) is 39.8. The topological polar surface area (TPSA) is 108 Å². The summed E-state index contributed by atoms with van der Waals surface area (Å²) >= 11 is 0. The number of quaternary nitrogens is 1. The number of unbranched alkanes of at least 4 members (excludes halogenated alkanes) is 55. The van der Waals surface area contributed by atoms with Gasteiger partial charge in [-0.1, -0.05) is 378 Å². The van der Waals surface area contributed by atoms with E-state index in [2.05, 4.69) is 43.5 Å². The maximum absolute atomic E-state index is 13.1. The van der Waals surface area contributed by atoms with Crippen molar-refractivity contribution in [1.82, 2.24) is 5.32 Å². The van der Waals surface area contributed by atoms with Crippen molar-refractivity contribution >= 4 is 13.7 Å². The molecule has 0 fully saturated rings. The van der Waals surface area contributed by atoms with Crippen LogP contribution < -0.4 is 10.2 Å². The fraction of sp³-hybridized carbons (Fsp3) is 0.909. The van der Waals surface area contributed by atoms with Crippen molar-refractivity contribution in [2.24, 2.45) is 0 Å². The van der Waals surface area contributed by atoms with E-state index >= 15 is 0 Å². The number of nitrogens with one attached hydrogen (secondary N) is 1. The van der Waals surface area contributed by atoms with Crippen molar-refractivity contribution in [2.75, 3.05) is 40.9 Å². The Balaban J connectivity index is 3.95. The number of aliphatic hydroxyl groups is 1. The maximum atomic E-state index is 13.1. The van der Waals surface area contributed by atoms with E-state index in [-0.39, 0.29) is 19.1 Å². The van der Waals surface area contributed by atoms with Crippen LogP contribution in [0.2, 0.25) is 0 Å². The highest BCUT2D eigenvalue weighted by molar-refractivity contribution is 7.45. The Morgan fingerprint density at radius 1 is 0.407 bits per heavy atom. The minimum atomic E-state index is -4.60. The Morgan fingerprint density at radius 3 is 0.965 bits per heavy atom. The molecule has 0 heterocycles. The summed E-state index contributed by atoms with van der Waals surface area (Å²) in [6.45, 7) is 4.71. The second-order valence-corrected chi connectivity index (χ2v) is 29.1. The van der Waals surface area contributed by atoms with Crippen LogP contribution in [0.3, 0.4) is 0 Å². The third kappa shape index (κ3) is 70.2. The molecule has 86 heavy (non-hydrogen) atoms. The van der Waals surface area contributed by atoms with Crippen LogP contribution in [0.15, 0.2) is 36.5 Å². The highest BCUT2D eigenvalue weighted by atomic mass is 31.2. The number of allylic oxidation sites excluding steroid dienone is 5. The van der Waals surface area contributed by atoms with E-state index in [1.807, 2.05) is 27.2 Å². The number of hydrogen-bond acceptors (Lipinski definition) is 6. The van der Waals surface area contributed by atoms with Crippen LogP contribution in [0.25, 0.3) is 0 Å². The Labute approximate surface area is 537 Å². The molecule has 2 N–H and O–H groups in total. The lowest BCUT2D eigenvalue weighted by Crippen LogP contribution is -2.45. The molecule has 0 saturated carbocycles. The number of likely N-dealkylation sites (N-methyl/N-ethyl adjacent to an activating group) is 1. The fourth-order valence-electron chi connectivity index (χ4n) is 11.9. The summed E-state index contributed by atoms with van der Waals surface area (Å²) in [6.07, 6.45) is 91.5. The van der Waals surface area contributed by atoms with Crippen molar-refractivity contribution in [3.05, 3.63) is 36.5 Å². The first-order chi connectivity index (χ1) is 42.0. The molecule has 0 radical (unpaired) electrons. The highest BCUT2D eigenvalue weighted by Gasteiger charge is 2.23. The summed E-state index contributed by atoms with van der Waals surface area (Å²) in [5.74, 6) is -0.188. The van der Waals surface area contributed by atoms with E-state index < -0.39 is 20.0 Å². The second-order valence-electron chi connectivity index (χ2n) is 27.7. The van der Waals surface area contributed by atoms with Gasteiger partial charge in [-0.15, -0.1) is 0 Å². The molecule has 3 atom stereocenters. The van der Waals surface area contributed by atoms with Gasteiger partial charge in [0, 0.05) is 6.42 Å². The van der Waals surface area contributed by atoms with Crippen molar-refractivity contribution in [1.29, 1.82) is 0 Å². The van der Waals surface area contributed by atoms with E-state index in [4.69, 9.17) is 9.05 Å². The molecule has 0 aliphatic carbocycles. The summed E-state index contributed by atoms with van der Waals surface area (Å²) in [7, 11) is 1.28. The highest BCUT2D eigenvalue weighted by Crippen LogP contribution is 2.38. The van der Waals surface area contributed by atoms with Crippen molar-refractivity contribution in [2.45, 2.75) is 411 Å². The average molecular weight is 1230 g/mol. The van der Waals surface area contributed by atoms with Crippen LogP contribution in [0.1, 0.15) is 399 Å². The molecule has 0 aromatic carbocycles. The molecule has 0 rings (SSSR count). The Hall–Kier alpha value is -1.28. The molecule has 8 nitrogen and oxygen atoms in total. The lowest BCUT2D eigenvalue weighted by atomic mass is 10.0. The van der Waals surface area contributed by atoms with Crippen molar-refractivity contribution in [3.8, 4) is 0 Å². The number of amides is 1. The summed E-state index contributed by atoms with van der Waals surface area (Å²) < 4.78 is 23.5. The normalized spacial score (nSPS) is 13.7. The van der Waals surface area contributed by atoms with Gasteiger partial charge in [0.1, 0.15) is 13.2 Å². The van der Waals surface area contributed by atoms with Gasteiger partial charge in [0.25, 0.3) is 7.82 Å². The summed E-state index contributed by atoms with van der Waals surface area (Å²) in [6, 6.07) is -0.886. The molecule has 510 valence electrons. The van der Waals surface area contributed by atoms with E-state index in [0.717, 1.165) is 44.9 Å². The first kappa shape index (κ1) is 84.7. The Morgan fingerprint density at radius 2 is 0.674 bits per heavy atom. The van der Waals surface area contributed by atoms with Crippen LogP contribution >= 0.6 is 7.82 Å². The van der Waals surface area contributed by atoms with Gasteiger partial charge in [-0.2, -0.15) is 0 Å². The van der Waals surface area contributed by atoms with Crippen LogP contribution in [-0.4, -0.2) is 68.5 Å². The van der Waals surface area contributed by atoms with Crippen LogP contribution in [0, 0.1) is 0 Å². The monoisotopic (exact) mass is 1230 g/mol. The van der Waals surface area contributed by atoms with Gasteiger partial charge in [-0.25, -0.2) is 0 Å². The van der Waals surface area contributed by atoms with Crippen LogP contribution in [0.5, 0.6) is 0 Å². The first-order valence-electron chi connectivity index (χ1n) is 38.4. The van der Waals surface area contributed by atoms with E-state index in [9.17, 15) is 19.4 Å². The van der Waals surface area contributed by atoms with Gasteiger partial charge >= 0.3 is 0 Å². The largest absolute Gasteiger partial charge is 0.756 e. The standard InChI is InChI=1S/C77H151N2O6P/c1-6-8-10-12-14-16-18-20-22-24-26-28-30-32-34-35-36-37-38-39-40-41-42-43-45-47-49-51-53-55-57-59-61-63-65-67-69-71-77(81)78-75(74-85-86(82,83)84-73-72-79(3,4)5)76(80)70-68-66-64-62-60-58-56-54-52-50-48-46-44-33-31-29-27-25-23-21-19-17-15-13-11-9-7-2/h18,20,24,26,68,70,75-76,80H,6-17,19,21-23,25,27-67,69,71-74H2,1-5H3,(H-,78,81,82,83)/b20-18-,26-24-,70-68+. The molecule has 0 aromatic rings. The van der Waals surface area contributed by atoms with Gasteiger partial charge < -0.3 is 28.8 Å². The lowest BCUT2D eigenvalue weighted by molar-refractivity contribution is -0.870. The molecular weight excluding hydrogens is 1080 g/mol. The van der Waals surface area contributed by atoms with Gasteiger partial charge in [0.05, 0.1) is 39.9 Å². The third-order valence-electron chi connectivity index (χ3n) is 17.8. The second kappa shape index (κ2) is 68.1. The number of phosphoric ester groups is 1. The Kier molecular flexibility index (Phi) is 67.1. The number of aliphatic hydroxyl groups excluding tert-OH is 1. The summed E-state index contributed by atoms with van der Waals surface area (Å²) in [5.41, 5.74) is 0. The molecule has 0 spiro atoms. The van der Waals surface area contributed by atoms with Crippen molar-refractivity contribution < 1.29 is 32.9 Å². The number of carbonyl (C=O) groups is 1. The van der Waals surface area contributed by atoms with E-state index in [1.54, 1.807) is 6.08 Å². The quantitative estimate of drug-likeness (QED) is 0.0272. The lowest BCUT2D eigenvalue weighted by Gasteiger charge is -2.29. The zero-order valence-electron chi connectivity index (χ0n) is 58.5. The molecule has 0 bridgehead atoms. The number of nitrogens with zero attached hydrogens (tertiary/aromatic N) is 1. The summed E-state index contributed by atoms with van der Waals surface area (Å²) in [5, 5.41) is 14.0. The molecule has 0 aliphatic rings. The van der Waals surface area contributed by atoms with Crippen LogP contribution in [-0.2, 0) is 18.4 Å². The van der Waals surface area contributed by atoms with Gasteiger partial charge in [0.2, 0.25) is 5.91 Å². The maximum Gasteiger partial charge on any atom is 0.268 e. The fourth-order valence-corrected chi connectivity index (χ4v) is 12.6.